The largest absolute Gasteiger partial charge is 0.469 e. The van der Waals surface area contributed by atoms with Crippen LogP contribution in [-0.4, -0.2) is 38.1 Å². The quantitative estimate of drug-likeness (QED) is 0.653. The van der Waals surface area contributed by atoms with Gasteiger partial charge in [-0.3, -0.25) is 4.79 Å². The first-order valence-electron chi connectivity index (χ1n) is 5.90. The number of esters is 1. The number of ether oxygens (including phenoxy) is 1. The third-order valence-corrected chi connectivity index (χ3v) is 3.23. The Morgan fingerprint density at radius 2 is 2.07 bits per heavy atom. The lowest BCUT2D eigenvalue weighted by molar-refractivity contribution is -0.145. The molecule has 0 bridgehead atoms. The minimum Gasteiger partial charge on any atom is -0.469 e. The minimum atomic E-state index is -0.103. The standard InChI is InChI=1S/C12H23NO2/c1-10(12(14)15-3)8-13(2)9-11-6-4-5-7-11/h10-11H,4-9H2,1-3H3. The fourth-order valence-electron chi connectivity index (χ4n) is 2.45. The summed E-state index contributed by atoms with van der Waals surface area (Å²) in [7, 11) is 3.55. The number of carbonyl (C=O) groups is 1. The summed E-state index contributed by atoms with van der Waals surface area (Å²) in [6, 6.07) is 0. The Balaban J connectivity index is 2.22. The van der Waals surface area contributed by atoms with Gasteiger partial charge in [0.05, 0.1) is 13.0 Å². The Kier molecular flexibility index (Phi) is 5.09. The third-order valence-electron chi connectivity index (χ3n) is 3.23. The molecule has 1 fully saturated rings. The molecule has 1 saturated carbocycles. The van der Waals surface area contributed by atoms with Gasteiger partial charge in [0.1, 0.15) is 0 Å². The maximum atomic E-state index is 11.2. The van der Waals surface area contributed by atoms with Crippen molar-refractivity contribution in [3.63, 3.8) is 0 Å². The minimum absolute atomic E-state index is 0.0126. The zero-order valence-electron chi connectivity index (χ0n) is 10.2. The summed E-state index contributed by atoms with van der Waals surface area (Å²) in [4.78, 5) is 13.5. The van der Waals surface area contributed by atoms with Crippen LogP contribution < -0.4 is 0 Å². The van der Waals surface area contributed by atoms with Gasteiger partial charge in [-0.25, -0.2) is 0 Å². The third kappa shape index (κ3) is 4.20. The Morgan fingerprint density at radius 1 is 1.47 bits per heavy atom. The highest BCUT2D eigenvalue weighted by Crippen LogP contribution is 2.25. The summed E-state index contributed by atoms with van der Waals surface area (Å²) in [6.45, 7) is 3.86. The molecule has 3 nitrogen and oxygen atoms in total. The molecule has 0 aliphatic heterocycles. The first-order chi connectivity index (χ1) is 7.13. The molecule has 0 amide bonds. The molecule has 1 aliphatic rings. The normalized spacial score (nSPS) is 19.5. The lowest BCUT2D eigenvalue weighted by Crippen LogP contribution is -2.32. The summed E-state index contributed by atoms with van der Waals surface area (Å²) in [5.41, 5.74) is 0. The fraction of sp³-hybridized carbons (Fsp3) is 0.917. The number of methoxy groups -OCH3 is 1. The molecule has 0 heterocycles. The molecule has 88 valence electrons. The van der Waals surface area contributed by atoms with Crippen molar-refractivity contribution in [1.82, 2.24) is 4.90 Å². The van der Waals surface area contributed by atoms with Gasteiger partial charge < -0.3 is 9.64 Å². The highest BCUT2D eigenvalue weighted by atomic mass is 16.5. The average molecular weight is 213 g/mol. The molecule has 0 aromatic carbocycles. The van der Waals surface area contributed by atoms with Crippen LogP contribution in [0.25, 0.3) is 0 Å². The van der Waals surface area contributed by atoms with Crippen molar-refractivity contribution < 1.29 is 9.53 Å². The van der Waals surface area contributed by atoms with Gasteiger partial charge in [0.15, 0.2) is 0 Å². The highest BCUT2D eigenvalue weighted by molar-refractivity contribution is 5.71. The van der Waals surface area contributed by atoms with Crippen molar-refractivity contribution in [3.8, 4) is 0 Å². The van der Waals surface area contributed by atoms with Crippen LogP contribution in [0.15, 0.2) is 0 Å². The van der Waals surface area contributed by atoms with Crippen LogP contribution in [0, 0.1) is 11.8 Å². The lowest BCUT2D eigenvalue weighted by atomic mass is 10.1. The summed E-state index contributed by atoms with van der Waals surface area (Å²) < 4.78 is 4.72. The molecule has 0 aromatic rings. The van der Waals surface area contributed by atoms with Crippen LogP contribution in [0.2, 0.25) is 0 Å². The Hall–Kier alpha value is -0.570. The van der Waals surface area contributed by atoms with Crippen molar-refractivity contribution in [2.75, 3.05) is 27.2 Å². The van der Waals surface area contributed by atoms with Gasteiger partial charge in [-0.15, -0.1) is 0 Å². The zero-order chi connectivity index (χ0) is 11.3. The number of hydrogen-bond acceptors (Lipinski definition) is 3. The van der Waals surface area contributed by atoms with E-state index in [4.69, 9.17) is 4.74 Å². The Labute approximate surface area is 92.8 Å². The van der Waals surface area contributed by atoms with E-state index in [1.807, 2.05) is 6.92 Å². The smallest absolute Gasteiger partial charge is 0.309 e. The molecule has 0 saturated heterocycles. The molecule has 0 N–H and O–H groups in total. The molecule has 0 radical (unpaired) electrons. The fourth-order valence-corrected chi connectivity index (χ4v) is 2.45. The van der Waals surface area contributed by atoms with Crippen molar-refractivity contribution >= 4 is 5.97 Å². The van der Waals surface area contributed by atoms with Gasteiger partial charge in [-0.1, -0.05) is 19.8 Å². The first-order valence-corrected chi connectivity index (χ1v) is 5.90. The predicted molar refractivity (Wildman–Crippen MR) is 60.6 cm³/mol. The van der Waals surface area contributed by atoms with E-state index in [1.54, 1.807) is 0 Å². The van der Waals surface area contributed by atoms with E-state index in [2.05, 4.69) is 11.9 Å². The molecule has 0 spiro atoms. The molecule has 15 heavy (non-hydrogen) atoms. The van der Waals surface area contributed by atoms with E-state index in [1.165, 1.54) is 32.8 Å². The van der Waals surface area contributed by atoms with Crippen LogP contribution in [0.4, 0.5) is 0 Å². The molecule has 1 unspecified atom stereocenters. The van der Waals surface area contributed by atoms with E-state index in [9.17, 15) is 4.79 Å². The van der Waals surface area contributed by atoms with Gasteiger partial charge >= 0.3 is 5.97 Å². The van der Waals surface area contributed by atoms with E-state index < -0.39 is 0 Å². The molecule has 3 heteroatoms. The molecule has 0 aromatic heterocycles. The molecular formula is C12H23NO2. The highest BCUT2D eigenvalue weighted by Gasteiger charge is 2.20. The average Bonchev–Trinajstić information content (AvgIpc) is 2.68. The molecular weight excluding hydrogens is 190 g/mol. The predicted octanol–water partition coefficient (Wildman–Crippen LogP) is 1.92. The maximum Gasteiger partial charge on any atom is 0.309 e. The number of rotatable bonds is 5. The summed E-state index contributed by atoms with van der Waals surface area (Å²) in [6.07, 6.45) is 5.48. The summed E-state index contributed by atoms with van der Waals surface area (Å²) in [5, 5.41) is 0. The molecule has 1 aliphatic carbocycles. The van der Waals surface area contributed by atoms with Crippen molar-refractivity contribution in [1.29, 1.82) is 0 Å². The topological polar surface area (TPSA) is 29.5 Å². The van der Waals surface area contributed by atoms with Crippen molar-refractivity contribution in [2.45, 2.75) is 32.6 Å². The van der Waals surface area contributed by atoms with E-state index >= 15 is 0 Å². The van der Waals surface area contributed by atoms with Crippen LogP contribution in [0.5, 0.6) is 0 Å². The summed E-state index contributed by atoms with van der Waals surface area (Å²) in [5.74, 6) is 0.731. The summed E-state index contributed by atoms with van der Waals surface area (Å²) >= 11 is 0. The van der Waals surface area contributed by atoms with Crippen molar-refractivity contribution in [2.24, 2.45) is 11.8 Å². The van der Waals surface area contributed by atoms with E-state index in [-0.39, 0.29) is 11.9 Å². The monoisotopic (exact) mass is 213 g/mol. The maximum absolute atomic E-state index is 11.2. The van der Waals surface area contributed by atoms with E-state index in [0.29, 0.717) is 0 Å². The van der Waals surface area contributed by atoms with Gasteiger partial charge in [-0.2, -0.15) is 0 Å². The Morgan fingerprint density at radius 3 is 2.60 bits per heavy atom. The van der Waals surface area contributed by atoms with E-state index in [0.717, 1.165) is 19.0 Å². The second-order valence-electron chi connectivity index (χ2n) is 4.80. The van der Waals surface area contributed by atoms with Gasteiger partial charge in [0.2, 0.25) is 0 Å². The number of nitrogens with zero attached hydrogens (tertiary/aromatic N) is 1. The second kappa shape index (κ2) is 6.11. The van der Waals surface area contributed by atoms with Gasteiger partial charge in [0, 0.05) is 13.1 Å². The van der Waals surface area contributed by atoms with Gasteiger partial charge in [-0.05, 0) is 25.8 Å². The van der Waals surface area contributed by atoms with Crippen molar-refractivity contribution in [3.05, 3.63) is 0 Å². The van der Waals surface area contributed by atoms with Crippen LogP contribution in [0.1, 0.15) is 32.6 Å². The molecule has 1 rings (SSSR count). The zero-order valence-corrected chi connectivity index (χ0v) is 10.2. The molecule has 1 atom stereocenters. The SMILES string of the molecule is COC(=O)C(C)CN(C)CC1CCCC1. The number of hydrogen-bond donors (Lipinski definition) is 0. The second-order valence-corrected chi connectivity index (χ2v) is 4.80. The number of carbonyl (C=O) groups excluding carboxylic acids is 1. The lowest BCUT2D eigenvalue weighted by Gasteiger charge is -2.22. The first kappa shape index (κ1) is 12.5. The van der Waals surface area contributed by atoms with Crippen LogP contribution in [0.3, 0.4) is 0 Å². The van der Waals surface area contributed by atoms with Gasteiger partial charge in [0.25, 0.3) is 0 Å². The van der Waals surface area contributed by atoms with Crippen LogP contribution >= 0.6 is 0 Å². The van der Waals surface area contributed by atoms with Crippen LogP contribution in [-0.2, 0) is 9.53 Å². The Bertz CT molecular complexity index is 200.